The Balaban J connectivity index is 2.05. The van der Waals surface area contributed by atoms with Gasteiger partial charge in [0.1, 0.15) is 5.82 Å². The lowest BCUT2D eigenvalue weighted by atomic mass is 9.90. The van der Waals surface area contributed by atoms with Crippen LogP contribution < -0.4 is 5.69 Å². The zero-order valence-corrected chi connectivity index (χ0v) is 16.2. The summed E-state index contributed by atoms with van der Waals surface area (Å²) >= 11 is 0. The van der Waals surface area contributed by atoms with Crippen LogP contribution in [0.1, 0.15) is 58.7 Å². The molecule has 7 heteroatoms. The average Bonchev–Trinajstić information content (AvgIpc) is 2.87. The number of hydrogen-bond acceptors (Lipinski definition) is 4. The molecule has 0 atom stereocenters. The molecule has 2 rings (SSSR count). The maximum atomic E-state index is 12.4. The number of rotatable bonds is 6. The number of carbonyl (C=O) groups is 1. The molecule has 1 aromatic heterocycles. The molecule has 0 spiro atoms. The van der Waals surface area contributed by atoms with Crippen molar-refractivity contribution in [3.8, 4) is 0 Å². The van der Waals surface area contributed by atoms with Crippen molar-refractivity contribution in [2.45, 2.75) is 66.0 Å². The molecule has 7 nitrogen and oxygen atoms in total. The number of ether oxygens (including phenoxy) is 1. The summed E-state index contributed by atoms with van der Waals surface area (Å²) in [6, 6.07) is 0. The highest BCUT2D eigenvalue weighted by Crippen LogP contribution is 2.28. The van der Waals surface area contributed by atoms with E-state index in [2.05, 4.69) is 25.9 Å². The van der Waals surface area contributed by atoms with Gasteiger partial charge in [-0.15, -0.1) is 0 Å². The number of hydrogen-bond donors (Lipinski definition) is 0. The van der Waals surface area contributed by atoms with E-state index in [9.17, 15) is 9.59 Å². The van der Waals surface area contributed by atoms with Crippen LogP contribution in [-0.2, 0) is 22.6 Å². The van der Waals surface area contributed by atoms with Gasteiger partial charge in [-0.1, -0.05) is 20.8 Å². The first-order chi connectivity index (χ1) is 11.8. The Morgan fingerprint density at radius 1 is 1.28 bits per heavy atom. The fourth-order valence-electron chi connectivity index (χ4n) is 3.33. The van der Waals surface area contributed by atoms with Gasteiger partial charge in [0.15, 0.2) is 0 Å². The number of likely N-dealkylation sites (tertiary alicyclic amines) is 1. The number of piperidine rings is 1. The highest BCUT2D eigenvalue weighted by molar-refractivity contribution is 5.76. The van der Waals surface area contributed by atoms with Crippen LogP contribution in [0, 0.1) is 5.41 Å². The maximum absolute atomic E-state index is 12.4. The van der Waals surface area contributed by atoms with Gasteiger partial charge in [-0.3, -0.25) is 9.36 Å². The molecule has 1 saturated heterocycles. The summed E-state index contributed by atoms with van der Waals surface area (Å²) in [5.41, 5.74) is -0.0581. The van der Waals surface area contributed by atoms with Gasteiger partial charge in [0.2, 0.25) is 5.91 Å². The molecule has 0 aromatic carbocycles. The number of amides is 1. The minimum absolute atomic E-state index is 0.0107. The van der Waals surface area contributed by atoms with E-state index < -0.39 is 0 Å². The van der Waals surface area contributed by atoms with Crippen LogP contribution in [0.25, 0.3) is 0 Å². The van der Waals surface area contributed by atoms with Gasteiger partial charge in [-0.25, -0.2) is 9.48 Å². The Hall–Kier alpha value is -1.63. The lowest BCUT2D eigenvalue weighted by Gasteiger charge is -2.33. The average molecular weight is 352 g/mol. The highest BCUT2D eigenvalue weighted by atomic mass is 16.5. The van der Waals surface area contributed by atoms with Gasteiger partial charge in [0.25, 0.3) is 0 Å². The lowest BCUT2D eigenvalue weighted by molar-refractivity contribution is -0.134. The molecule has 0 saturated carbocycles. The highest BCUT2D eigenvalue weighted by Gasteiger charge is 2.29. The Morgan fingerprint density at radius 2 is 1.92 bits per heavy atom. The van der Waals surface area contributed by atoms with Gasteiger partial charge in [-0.2, -0.15) is 5.10 Å². The molecule has 142 valence electrons. The summed E-state index contributed by atoms with van der Waals surface area (Å²) in [6.07, 6.45) is 2.29. The molecule has 1 aliphatic heterocycles. The van der Waals surface area contributed by atoms with Crippen molar-refractivity contribution in [3.63, 3.8) is 0 Å². The van der Waals surface area contributed by atoms with Gasteiger partial charge in [0.05, 0.1) is 13.2 Å². The molecule has 2 heterocycles. The Bertz CT molecular complexity index is 634. The SMILES string of the molecule is CCn1c(C2CCN(C(=O)CC(C)(C)C)CC2)nn(CCOC)c1=O. The smallest absolute Gasteiger partial charge is 0.345 e. The third kappa shape index (κ3) is 4.93. The van der Waals surface area contributed by atoms with Crippen LogP contribution in [0.5, 0.6) is 0 Å². The second-order valence-electron chi connectivity index (χ2n) is 7.99. The fraction of sp³-hybridized carbons (Fsp3) is 0.833. The third-order valence-corrected chi connectivity index (χ3v) is 4.67. The summed E-state index contributed by atoms with van der Waals surface area (Å²) in [4.78, 5) is 26.8. The molecule has 0 unspecified atom stereocenters. The molecule has 0 bridgehead atoms. The molecule has 1 fully saturated rings. The third-order valence-electron chi connectivity index (χ3n) is 4.67. The molecule has 1 amide bonds. The molecule has 0 N–H and O–H groups in total. The summed E-state index contributed by atoms with van der Waals surface area (Å²) in [5, 5.41) is 4.55. The predicted molar refractivity (Wildman–Crippen MR) is 96.7 cm³/mol. The summed E-state index contributed by atoms with van der Waals surface area (Å²) in [6.45, 7) is 11.3. The standard InChI is InChI=1S/C18H32N4O3/c1-6-21-16(19-22(17(21)24)11-12-25-5)14-7-9-20(10-8-14)15(23)13-18(2,3)4/h14H,6-13H2,1-5H3. The van der Waals surface area contributed by atoms with E-state index in [1.165, 1.54) is 4.68 Å². The zero-order valence-electron chi connectivity index (χ0n) is 16.2. The first-order valence-electron chi connectivity index (χ1n) is 9.21. The van der Waals surface area contributed by atoms with Gasteiger partial charge < -0.3 is 9.64 Å². The van der Waals surface area contributed by atoms with Crippen molar-refractivity contribution in [1.82, 2.24) is 19.2 Å². The van der Waals surface area contributed by atoms with Crippen LogP contribution in [0.4, 0.5) is 0 Å². The van der Waals surface area contributed by atoms with Gasteiger partial charge >= 0.3 is 5.69 Å². The summed E-state index contributed by atoms with van der Waals surface area (Å²) in [7, 11) is 1.62. The van der Waals surface area contributed by atoms with E-state index in [1.54, 1.807) is 11.7 Å². The zero-order chi connectivity index (χ0) is 18.6. The second kappa shape index (κ2) is 8.17. The summed E-state index contributed by atoms with van der Waals surface area (Å²) < 4.78 is 8.31. The Labute approximate surface area is 149 Å². The van der Waals surface area contributed by atoms with Gasteiger partial charge in [-0.05, 0) is 25.2 Å². The normalized spacial score (nSPS) is 16.4. The molecule has 1 aromatic rings. The van der Waals surface area contributed by atoms with Crippen molar-refractivity contribution in [2.75, 3.05) is 26.8 Å². The molecule has 0 radical (unpaired) electrons. The van der Waals surface area contributed by atoms with Crippen molar-refractivity contribution < 1.29 is 9.53 Å². The van der Waals surface area contributed by atoms with Crippen molar-refractivity contribution >= 4 is 5.91 Å². The lowest BCUT2D eigenvalue weighted by Crippen LogP contribution is -2.40. The second-order valence-corrected chi connectivity index (χ2v) is 7.99. The minimum Gasteiger partial charge on any atom is -0.383 e. The molecule has 25 heavy (non-hydrogen) atoms. The topological polar surface area (TPSA) is 69.4 Å². The van der Waals surface area contributed by atoms with Crippen LogP contribution in [0.2, 0.25) is 0 Å². The predicted octanol–water partition coefficient (Wildman–Crippen LogP) is 1.85. The molecular formula is C18H32N4O3. The Kier molecular flexibility index (Phi) is 6.43. The first kappa shape index (κ1) is 19.7. The van der Waals surface area contributed by atoms with Gasteiger partial charge in [0, 0.05) is 39.1 Å². The van der Waals surface area contributed by atoms with Crippen molar-refractivity contribution in [3.05, 3.63) is 16.3 Å². The molecule has 0 aliphatic carbocycles. The van der Waals surface area contributed by atoms with E-state index in [-0.39, 0.29) is 22.9 Å². The van der Waals surface area contributed by atoms with Crippen LogP contribution in [0.15, 0.2) is 4.79 Å². The van der Waals surface area contributed by atoms with E-state index in [4.69, 9.17) is 4.74 Å². The van der Waals surface area contributed by atoms with E-state index in [1.807, 2.05) is 11.8 Å². The van der Waals surface area contributed by atoms with Crippen LogP contribution in [0.3, 0.4) is 0 Å². The van der Waals surface area contributed by atoms with E-state index in [0.717, 1.165) is 31.8 Å². The number of nitrogens with zero attached hydrogens (tertiary/aromatic N) is 4. The molecular weight excluding hydrogens is 320 g/mol. The first-order valence-corrected chi connectivity index (χ1v) is 9.21. The molecule has 1 aliphatic rings. The van der Waals surface area contributed by atoms with Crippen molar-refractivity contribution in [1.29, 1.82) is 0 Å². The van der Waals surface area contributed by atoms with Crippen LogP contribution >= 0.6 is 0 Å². The van der Waals surface area contributed by atoms with E-state index in [0.29, 0.717) is 26.1 Å². The monoisotopic (exact) mass is 352 g/mol. The maximum Gasteiger partial charge on any atom is 0.345 e. The number of aromatic nitrogens is 3. The summed E-state index contributed by atoms with van der Waals surface area (Å²) in [5.74, 6) is 1.31. The quantitative estimate of drug-likeness (QED) is 0.783. The van der Waals surface area contributed by atoms with Crippen molar-refractivity contribution in [2.24, 2.45) is 5.41 Å². The van der Waals surface area contributed by atoms with E-state index >= 15 is 0 Å². The minimum atomic E-state index is -0.0687. The number of methoxy groups -OCH3 is 1. The van der Waals surface area contributed by atoms with Crippen LogP contribution in [-0.4, -0.2) is 52.0 Å². The Morgan fingerprint density at radius 3 is 2.44 bits per heavy atom. The number of carbonyl (C=O) groups excluding carboxylic acids is 1. The fourth-order valence-corrected chi connectivity index (χ4v) is 3.33. The largest absolute Gasteiger partial charge is 0.383 e.